The van der Waals surface area contributed by atoms with Crippen molar-refractivity contribution in [3.05, 3.63) is 0 Å². The average molecular weight is 430 g/mol. The van der Waals surface area contributed by atoms with Crippen LogP contribution in [0.4, 0.5) is 4.79 Å². The maximum Gasteiger partial charge on any atom is 0.408 e. The van der Waals surface area contributed by atoms with Gasteiger partial charge in [-0.1, -0.05) is 0 Å². The van der Waals surface area contributed by atoms with Crippen LogP contribution in [0, 0.1) is 11.8 Å². The number of amides is 2. The fourth-order valence-electron chi connectivity index (χ4n) is 3.63. The summed E-state index contributed by atoms with van der Waals surface area (Å²) in [5.74, 6) is -2.41. The number of carbonyl (C=O) groups is 4. The SMILES string of the molecule is CC(=O)NC1C(CC(=O)C[C@H](NC(=O)OC(C)(C)C)C(C)=O)CC(CO)C(O)C1O. The molecule has 1 rings (SSSR count). The van der Waals surface area contributed by atoms with Crippen LogP contribution in [-0.4, -0.2) is 75.4 Å². The predicted molar refractivity (Wildman–Crippen MR) is 106 cm³/mol. The minimum absolute atomic E-state index is 0.106. The number of Topliss-reactive ketones (excluding diaryl/α,β-unsaturated/α-hetero) is 2. The molecule has 2 amide bonds. The van der Waals surface area contributed by atoms with E-state index >= 15 is 0 Å². The lowest BCUT2D eigenvalue weighted by Gasteiger charge is -2.42. The summed E-state index contributed by atoms with van der Waals surface area (Å²) in [6.45, 7) is 7.13. The highest BCUT2D eigenvalue weighted by Gasteiger charge is 2.44. The van der Waals surface area contributed by atoms with E-state index in [4.69, 9.17) is 4.74 Å². The first-order valence-electron chi connectivity index (χ1n) is 10.0. The lowest BCUT2D eigenvalue weighted by Crippen LogP contribution is -2.59. The van der Waals surface area contributed by atoms with Gasteiger partial charge in [0.15, 0.2) is 5.78 Å². The number of aliphatic hydroxyl groups is 3. The summed E-state index contributed by atoms with van der Waals surface area (Å²) in [6.07, 6.45) is -3.58. The molecule has 1 aliphatic carbocycles. The van der Waals surface area contributed by atoms with Gasteiger partial charge in [0, 0.05) is 32.3 Å². The first kappa shape index (κ1) is 26.0. The Balaban J connectivity index is 2.85. The van der Waals surface area contributed by atoms with Gasteiger partial charge in [0.05, 0.1) is 18.2 Å². The molecule has 0 aromatic carbocycles. The first-order chi connectivity index (χ1) is 13.7. The summed E-state index contributed by atoms with van der Waals surface area (Å²) in [7, 11) is 0. The molecule has 5 N–H and O–H groups in total. The van der Waals surface area contributed by atoms with Gasteiger partial charge in [0.25, 0.3) is 0 Å². The van der Waals surface area contributed by atoms with Crippen LogP contribution in [0.15, 0.2) is 0 Å². The van der Waals surface area contributed by atoms with Gasteiger partial charge in [-0.25, -0.2) is 4.79 Å². The quantitative estimate of drug-likeness (QED) is 0.350. The van der Waals surface area contributed by atoms with Crippen LogP contribution in [-0.2, 0) is 19.1 Å². The van der Waals surface area contributed by atoms with Crippen molar-refractivity contribution in [3.63, 3.8) is 0 Å². The smallest absolute Gasteiger partial charge is 0.408 e. The average Bonchev–Trinajstić information content (AvgIpc) is 2.58. The zero-order valence-electron chi connectivity index (χ0n) is 18.2. The molecular weight excluding hydrogens is 396 g/mol. The maximum absolute atomic E-state index is 12.6. The molecule has 0 bridgehead atoms. The summed E-state index contributed by atoms with van der Waals surface area (Å²) in [5, 5.41) is 34.9. The van der Waals surface area contributed by atoms with Gasteiger partial charge in [0.2, 0.25) is 5.91 Å². The summed E-state index contributed by atoms with van der Waals surface area (Å²) in [6, 6.07) is -1.95. The number of hydrogen-bond donors (Lipinski definition) is 5. The maximum atomic E-state index is 12.6. The predicted octanol–water partition coefficient (Wildman–Crippen LogP) is -0.327. The summed E-state index contributed by atoms with van der Waals surface area (Å²) < 4.78 is 5.12. The van der Waals surface area contributed by atoms with Crippen LogP contribution in [0.5, 0.6) is 0 Å². The number of nitrogens with one attached hydrogen (secondary N) is 2. The van der Waals surface area contributed by atoms with Crippen molar-refractivity contribution in [1.29, 1.82) is 0 Å². The Morgan fingerprint density at radius 3 is 2.13 bits per heavy atom. The molecule has 0 radical (unpaired) electrons. The van der Waals surface area contributed by atoms with E-state index < -0.39 is 59.5 Å². The molecule has 0 saturated heterocycles. The fourth-order valence-corrected chi connectivity index (χ4v) is 3.63. The third-order valence-corrected chi connectivity index (χ3v) is 5.02. The molecule has 6 atom stereocenters. The zero-order valence-corrected chi connectivity index (χ0v) is 18.2. The highest BCUT2D eigenvalue weighted by Crippen LogP contribution is 2.33. The molecule has 0 aromatic rings. The van der Waals surface area contributed by atoms with Crippen LogP contribution in [0.2, 0.25) is 0 Å². The number of hydrogen-bond acceptors (Lipinski definition) is 8. The van der Waals surface area contributed by atoms with E-state index in [2.05, 4.69) is 10.6 Å². The van der Waals surface area contributed by atoms with Gasteiger partial charge < -0.3 is 30.7 Å². The van der Waals surface area contributed by atoms with E-state index in [1.54, 1.807) is 20.8 Å². The third kappa shape index (κ3) is 8.00. The van der Waals surface area contributed by atoms with Crippen molar-refractivity contribution in [1.82, 2.24) is 10.6 Å². The largest absolute Gasteiger partial charge is 0.444 e. The molecule has 1 fully saturated rings. The van der Waals surface area contributed by atoms with Crippen LogP contribution in [0.1, 0.15) is 53.9 Å². The van der Waals surface area contributed by atoms with Crippen molar-refractivity contribution in [2.45, 2.75) is 83.8 Å². The zero-order chi connectivity index (χ0) is 23.2. The highest BCUT2D eigenvalue weighted by atomic mass is 16.6. The molecule has 172 valence electrons. The number of ether oxygens (including phenoxy) is 1. The van der Waals surface area contributed by atoms with E-state index in [-0.39, 0.29) is 31.7 Å². The van der Waals surface area contributed by atoms with Crippen LogP contribution >= 0.6 is 0 Å². The van der Waals surface area contributed by atoms with Gasteiger partial charge in [-0.15, -0.1) is 0 Å². The van der Waals surface area contributed by atoms with Gasteiger partial charge in [-0.2, -0.15) is 0 Å². The molecule has 1 saturated carbocycles. The van der Waals surface area contributed by atoms with Crippen molar-refractivity contribution >= 4 is 23.6 Å². The second-order valence-electron chi connectivity index (χ2n) is 8.90. The Morgan fingerprint density at radius 1 is 1.07 bits per heavy atom. The van der Waals surface area contributed by atoms with Crippen LogP contribution < -0.4 is 10.6 Å². The third-order valence-electron chi connectivity index (χ3n) is 5.02. The van der Waals surface area contributed by atoms with Crippen LogP contribution in [0.25, 0.3) is 0 Å². The van der Waals surface area contributed by atoms with Gasteiger partial charge in [-0.05, 0) is 40.0 Å². The van der Waals surface area contributed by atoms with Crippen molar-refractivity contribution in [3.8, 4) is 0 Å². The lowest BCUT2D eigenvalue weighted by molar-refractivity contribution is -0.133. The molecule has 0 spiro atoms. The van der Waals surface area contributed by atoms with Crippen molar-refractivity contribution in [2.24, 2.45) is 11.8 Å². The highest BCUT2D eigenvalue weighted by molar-refractivity contribution is 5.91. The summed E-state index contributed by atoms with van der Waals surface area (Å²) >= 11 is 0. The van der Waals surface area contributed by atoms with E-state index in [0.717, 1.165) is 0 Å². The standard InChI is InChI=1S/C20H34N2O8/c1-10(24)15(22-19(29)30-20(3,4)5)8-14(26)7-12-6-13(9-23)17(27)18(28)16(12)21-11(2)25/h12-13,15-18,23,27-28H,6-9H2,1-5H3,(H,21,25)(H,22,29)/t12?,13?,15-,16?,17?,18?/m0/s1. The number of rotatable bonds is 8. The number of ketones is 2. The molecule has 0 aliphatic heterocycles. The Hall–Kier alpha value is -2.04. The molecule has 30 heavy (non-hydrogen) atoms. The molecule has 10 heteroatoms. The monoisotopic (exact) mass is 430 g/mol. The number of carbonyl (C=O) groups excluding carboxylic acids is 4. The lowest BCUT2D eigenvalue weighted by atomic mass is 9.72. The van der Waals surface area contributed by atoms with E-state index in [1.165, 1.54) is 13.8 Å². The van der Waals surface area contributed by atoms with E-state index in [9.17, 15) is 34.5 Å². The minimum Gasteiger partial charge on any atom is -0.444 e. The van der Waals surface area contributed by atoms with Crippen molar-refractivity contribution in [2.75, 3.05) is 6.61 Å². The second kappa shape index (κ2) is 10.8. The molecule has 0 aromatic heterocycles. The normalized spacial score (nSPS) is 27.7. The van der Waals surface area contributed by atoms with Gasteiger partial charge in [-0.3, -0.25) is 14.4 Å². The molecule has 5 unspecified atom stereocenters. The van der Waals surface area contributed by atoms with Crippen molar-refractivity contribution < 1.29 is 39.2 Å². The number of aliphatic hydroxyl groups excluding tert-OH is 3. The van der Waals surface area contributed by atoms with Gasteiger partial charge >= 0.3 is 6.09 Å². The Morgan fingerprint density at radius 2 is 1.67 bits per heavy atom. The minimum atomic E-state index is -1.35. The van der Waals surface area contributed by atoms with Crippen LogP contribution in [0.3, 0.4) is 0 Å². The van der Waals surface area contributed by atoms with E-state index in [0.29, 0.717) is 0 Å². The summed E-state index contributed by atoms with van der Waals surface area (Å²) in [4.78, 5) is 48.0. The fraction of sp³-hybridized carbons (Fsp3) is 0.800. The molecule has 0 heterocycles. The Kier molecular flexibility index (Phi) is 9.38. The Labute approximate surface area is 176 Å². The van der Waals surface area contributed by atoms with Gasteiger partial charge in [0.1, 0.15) is 17.5 Å². The Bertz CT molecular complexity index is 645. The second-order valence-corrected chi connectivity index (χ2v) is 8.90. The molecule has 1 aliphatic rings. The number of alkyl carbamates (subject to hydrolysis) is 1. The topological polar surface area (TPSA) is 162 Å². The molecule has 10 nitrogen and oxygen atoms in total. The molecular formula is C20H34N2O8. The first-order valence-corrected chi connectivity index (χ1v) is 10.0. The summed E-state index contributed by atoms with van der Waals surface area (Å²) in [5.41, 5.74) is -0.764. The van der Waals surface area contributed by atoms with E-state index in [1.807, 2.05) is 0 Å².